The highest BCUT2D eigenvalue weighted by molar-refractivity contribution is 6.39. The summed E-state index contributed by atoms with van der Waals surface area (Å²) in [5.41, 5.74) is 4.15. The number of rotatable bonds is 8. The summed E-state index contributed by atoms with van der Waals surface area (Å²) < 4.78 is 16.6. The van der Waals surface area contributed by atoms with Crippen LogP contribution in [0.3, 0.4) is 0 Å². The molecule has 4 aliphatic carbocycles. The summed E-state index contributed by atoms with van der Waals surface area (Å²) in [7, 11) is 1.37. The average molecular weight is 593 g/mol. The van der Waals surface area contributed by atoms with Crippen LogP contribution in [-0.4, -0.2) is 28.4 Å². The lowest BCUT2D eigenvalue weighted by Crippen LogP contribution is -2.44. The molecule has 4 aliphatic rings. The highest BCUT2D eigenvalue weighted by Gasteiger charge is 2.52. The lowest BCUT2D eigenvalue weighted by Gasteiger charge is -2.52. The zero-order valence-electron chi connectivity index (χ0n) is 22.9. The van der Waals surface area contributed by atoms with Crippen molar-refractivity contribution in [3.8, 4) is 22.6 Å². The number of benzene rings is 2. The smallest absolute Gasteiger partial charge is 0.337 e. The van der Waals surface area contributed by atoms with Crippen LogP contribution >= 0.6 is 23.2 Å². The fraction of sp³-hybridized carbons (Fsp3) is 0.438. The standard InChI is InChI=1S/C32H31Cl2N3O4/c1-39-29(38)21-5-2-4-20(18-21)28-35-30(41-37-28)32-15-12-31(13-16-32,14-17-32)11-10-22-26(36-40-27(22)19-8-9-19)25-23(33)6-3-7-24(25)34/h2-7,18-19H,8-17H2,1H3. The van der Waals surface area contributed by atoms with Crippen molar-refractivity contribution in [2.75, 3.05) is 7.11 Å². The van der Waals surface area contributed by atoms with Gasteiger partial charge in [0.1, 0.15) is 11.5 Å². The molecule has 4 aromatic rings. The first kappa shape index (κ1) is 26.7. The van der Waals surface area contributed by atoms with Gasteiger partial charge in [-0.1, -0.05) is 51.7 Å². The largest absolute Gasteiger partial charge is 0.465 e. The molecule has 0 amide bonds. The van der Waals surface area contributed by atoms with Crippen molar-refractivity contribution in [1.82, 2.24) is 15.3 Å². The van der Waals surface area contributed by atoms with Crippen molar-refractivity contribution in [3.05, 3.63) is 75.3 Å². The second-order valence-electron chi connectivity index (χ2n) is 12.0. The maximum atomic E-state index is 12.0. The molecule has 4 fully saturated rings. The van der Waals surface area contributed by atoms with Gasteiger partial charge in [-0.25, -0.2) is 4.79 Å². The normalized spacial score (nSPS) is 23.6. The summed E-state index contributed by atoms with van der Waals surface area (Å²) in [5.74, 6) is 2.31. The van der Waals surface area contributed by atoms with Crippen molar-refractivity contribution in [3.63, 3.8) is 0 Å². The molecule has 0 spiro atoms. The summed E-state index contributed by atoms with van der Waals surface area (Å²) in [4.78, 5) is 16.8. The first-order valence-electron chi connectivity index (χ1n) is 14.4. The Bertz CT molecular complexity index is 1580. The zero-order valence-corrected chi connectivity index (χ0v) is 24.4. The number of nitrogens with zero attached hydrogens (tertiary/aromatic N) is 3. The number of hydrogen-bond donors (Lipinski definition) is 0. The number of methoxy groups -OCH3 is 1. The second-order valence-corrected chi connectivity index (χ2v) is 12.8. The molecule has 8 rings (SSSR count). The third-order valence-corrected chi connectivity index (χ3v) is 10.3. The Morgan fingerprint density at radius 1 is 0.976 bits per heavy atom. The number of halogens is 2. The van der Waals surface area contributed by atoms with Gasteiger partial charge in [0.05, 0.1) is 22.7 Å². The Morgan fingerprint density at radius 3 is 2.37 bits per heavy atom. The van der Waals surface area contributed by atoms with Gasteiger partial charge in [0.25, 0.3) is 0 Å². The fourth-order valence-electron chi connectivity index (χ4n) is 6.96. The molecular weight excluding hydrogens is 561 g/mol. The van der Waals surface area contributed by atoms with Crippen molar-refractivity contribution >= 4 is 29.2 Å². The molecule has 0 N–H and O–H groups in total. The molecule has 0 unspecified atom stereocenters. The van der Waals surface area contributed by atoms with E-state index in [-0.39, 0.29) is 16.8 Å². The molecule has 2 bridgehead atoms. The first-order valence-corrected chi connectivity index (χ1v) is 15.1. The van der Waals surface area contributed by atoms with Gasteiger partial charge in [-0.05, 0) is 93.9 Å². The van der Waals surface area contributed by atoms with E-state index in [2.05, 4.69) is 10.3 Å². The molecule has 2 aromatic heterocycles. The number of carbonyl (C=O) groups is 1. The highest BCUT2D eigenvalue weighted by Crippen LogP contribution is 2.59. The topological polar surface area (TPSA) is 91.2 Å². The van der Waals surface area contributed by atoms with Gasteiger partial charge in [0.15, 0.2) is 0 Å². The predicted molar refractivity (Wildman–Crippen MR) is 155 cm³/mol. The van der Waals surface area contributed by atoms with Crippen LogP contribution in [0, 0.1) is 5.41 Å². The molecule has 7 nitrogen and oxygen atoms in total. The van der Waals surface area contributed by atoms with Crippen LogP contribution < -0.4 is 0 Å². The van der Waals surface area contributed by atoms with E-state index in [1.54, 1.807) is 18.2 Å². The Balaban J connectivity index is 1.08. The summed E-state index contributed by atoms with van der Waals surface area (Å²) >= 11 is 13.2. The number of ether oxygens (including phenoxy) is 1. The van der Waals surface area contributed by atoms with Crippen LogP contribution in [0.1, 0.15) is 91.3 Å². The monoisotopic (exact) mass is 591 g/mol. The number of carbonyl (C=O) groups excluding carboxylic acids is 1. The summed E-state index contributed by atoms with van der Waals surface area (Å²) in [5, 5.41) is 9.99. The van der Waals surface area contributed by atoms with Gasteiger partial charge in [0.2, 0.25) is 11.7 Å². The van der Waals surface area contributed by atoms with Crippen molar-refractivity contribution in [1.29, 1.82) is 0 Å². The van der Waals surface area contributed by atoms with Gasteiger partial charge in [-0.2, -0.15) is 4.98 Å². The summed E-state index contributed by atoms with van der Waals surface area (Å²) in [6.45, 7) is 0. The van der Waals surface area contributed by atoms with Gasteiger partial charge in [-0.3, -0.25) is 0 Å². The van der Waals surface area contributed by atoms with Crippen LogP contribution in [-0.2, 0) is 16.6 Å². The minimum Gasteiger partial charge on any atom is -0.465 e. The molecule has 0 aliphatic heterocycles. The minimum absolute atomic E-state index is 0.0838. The van der Waals surface area contributed by atoms with Crippen LogP contribution in [0.25, 0.3) is 22.6 Å². The zero-order chi connectivity index (χ0) is 28.2. The van der Waals surface area contributed by atoms with E-state index in [1.807, 2.05) is 24.3 Å². The predicted octanol–water partition coefficient (Wildman–Crippen LogP) is 8.59. The Hall–Kier alpha value is -3.16. The summed E-state index contributed by atoms with van der Waals surface area (Å²) in [6, 6.07) is 12.7. The molecule has 9 heteroatoms. The van der Waals surface area contributed by atoms with E-state index in [0.717, 1.165) is 92.7 Å². The maximum absolute atomic E-state index is 12.0. The summed E-state index contributed by atoms with van der Waals surface area (Å²) in [6.07, 6.45) is 10.7. The van der Waals surface area contributed by atoms with Crippen LogP contribution in [0.5, 0.6) is 0 Å². The van der Waals surface area contributed by atoms with E-state index in [9.17, 15) is 4.79 Å². The lowest BCUT2D eigenvalue weighted by atomic mass is 9.52. The number of aromatic nitrogens is 3. The Labute approximate surface area is 248 Å². The lowest BCUT2D eigenvalue weighted by molar-refractivity contribution is 0.0168. The van der Waals surface area contributed by atoms with Crippen molar-refractivity contribution in [2.24, 2.45) is 5.41 Å². The van der Waals surface area contributed by atoms with Crippen LogP contribution in [0.15, 0.2) is 51.5 Å². The number of hydrogen-bond acceptors (Lipinski definition) is 7. The van der Waals surface area contributed by atoms with E-state index in [0.29, 0.717) is 27.4 Å². The third kappa shape index (κ3) is 4.77. The third-order valence-electron chi connectivity index (χ3n) is 9.69. The molecule has 2 heterocycles. The Kier molecular flexibility index (Phi) is 6.70. The minimum atomic E-state index is -0.386. The second kappa shape index (κ2) is 10.3. The molecule has 2 aromatic carbocycles. The van der Waals surface area contributed by atoms with Gasteiger partial charge >= 0.3 is 5.97 Å². The Morgan fingerprint density at radius 2 is 1.68 bits per heavy atom. The first-order chi connectivity index (χ1) is 19.9. The highest BCUT2D eigenvalue weighted by atomic mass is 35.5. The molecule has 212 valence electrons. The van der Waals surface area contributed by atoms with E-state index < -0.39 is 0 Å². The van der Waals surface area contributed by atoms with E-state index in [1.165, 1.54) is 12.7 Å². The quantitative estimate of drug-likeness (QED) is 0.189. The molecule has 0 atom stereocenters. The maximum Gasteiger partial charge on any atom is 0.337 e. The number of fused-ring (bicyclic) bond motifs is 3. The van der Waals surface area contributed by atoms with Crippen molar-refractivity contribution < 1.29 is 18.6 Å². The van der Waals surface area contributed by atoms with Gasteiger partial charge < -0.3 is 13.8 Å². The van der Waals surface area contributed by atoms with Crippen LogP contribution in [0.2, 0.25) is 10.0 Å². The average Bonchev–Trinajstić information content (AvgIpc) is 3.56. The molecule has 0 radical (unpaired) electrons. The number of esters is 1. The van der Waals surface area contributed by atoms with E-state index >= 15 is 0 Å². The SMILES string of the molecule is COC(=O)c1cccc(-c2noc(C34CCC(CCc5c(-c6c(Cl)cccc6Cl)noc5C5CC5)(CC3)CC4)n2)c1. The van der Waals surface area contributed by atoms with Crippen molar-refractivity contribution in [2.45, 2.75) is 75.5 Å². The molecular formula is C32H31Cl2N3O4. The molecule has 41 heavy (non-hydrogen) atoms. The molecule has 0 saturated heterocycles. The molecule has 4 saturated carbocycles. The van der Waals surface area contributed by atoms with E-state index in [4.69, 9.17) is 42.0 Å². The van der Waals surface area contributed by atoms with Gasteiger partial charge in [0, 0.05) is 28.0 Å². The van der Waals surface area contributed by atoms with Crippen LogP contribution in [0.4, 0.5) is 0 Å². The fourth-order valence-corrected chi connectivity index (χ4v) is 7.54. The van der Waals surface area contributed by atoms with Gasteiger partial charge in [-0.15, -0.1) is 0 Å².